The van der Waals surface area contributed by atoms with Crippen LogP contribution in [0.2, 0.25) is 0 Å². The van der Waals surface area contributed by atoms with Crippen molar-refractivity contribution >= 4 is 17.4 Å². The van der Waals surface area contributed by atoms with Crippen LogP contribution in [-0.2, 0) is 6.18 Å². The Morgan fingerprint density at radius 1 is 0.857 bits per heavy atom. The van der Waals surface area contributed by atoms with Gasteiger partial charge in [0.05, 0.1) is 16.6 Å². The minimum absolute atomic E-state index is 0.339. The molecule has 3 rings (SSSR count). The Morgan fingerprint density at radius 3 is 2.04 bits per heavy atom. The van der Waals surface area contributed by atoms with Gasteiger partial charge in [-0.1, -0.05) is 72.9 Å². The molecule has 0 aliphatic rings. The molecule has 0 saturated heterocycles. The molecule has 144 valence electrons. The topological polar surface area (TPSA) is 38.0 Å². The van der Waals surface area contributed by atoms with Gasteiger partial charge in [-0.15, -0.1) is 0 Å². The van der Waals surface area contributed by atoms with Crippen LogP contribution in [0.4, 0.5) is 18.9 Å². The van der Waals surface area contributed by atoms with Crippen LogP contribution >= 0.6 is 11.8 Å². The van der Waals surface area contributed by atoms with Gasteiger partial charge in [-0.2, -0.15) is 13.2 Å². The number of nitrogens with one attached hydrogen (secondary N) is 1. The molecule has 1 unspecified atom stereocenters. The van der Waals surface area contributed by atoms with Gasteiger partial charge in [-0.3, -0.25) is 0 Å². The fourth-order valence-electron chi connectivity index (χ4n) is 2.77. The molecular formula is C22H19F3N2S. The minimum atomic E-state index is -4.36. The third-order valence-electron chi connectivity index (χ3n) is 4.16. The average molecular weight is 400 g/mol. The Hall–Kier alpha value is -2.86. The van der Waals surface area contributed by atoms with Crippen LogP contribution in [0.25, 0.3) is 0 Å². The molecule has 0 aliphatic heterocycles. The van der Waals surface area contributed by atoms with Gasteiger partial charge in [-0.05, 0) is 35.4 Å². The third-order valence-corrected chi connectivity index (χ3v) is 5.12. The van der Waals surface area contributed by atoms with Crippen molar-refractivity contribution in [1.29, 1.82) is 0 Å². The Kier molecular flexibility index (Phi) is 5.99. The molecule has 0 aliphatic carbocycles. The van der Waals surface area contributed by atoms with E-state index >= 15 is 0 Å². The monoisotopic (exact) mass is 400 g/mol. The van der Waals surface area contributed by atoms with E-state index in [-0.39, 0.29) is 6.04 Å². The zero-order chi connectivity index (χ0) is 20.1. The first kappa shape index (κ1) is 19.9. The largest absolute Gasteiger partial charge is 0.416 e. The molecule has 2 nitrogen and oxygen atoms in total. The van der Waals surface area contributed by atoms with Crippen molar-refractivity contribution in [3.8, 4) is 0 Å². The highest BCUT2D eigenvalue weighted by Gasteiger charge is 2.30. The fraction of sp³-hybridized carbons (Fsp3) is 0.0909. The Labute approximate surface area is 166 Å². The van der Waals surface area contributed by atoms with E-state index in [4.69, 9.17) is 5.73 Å². The van der Waals surface area contributed by atoms with Crippen molar-refractivity contribution in [3.05, 3.63) is 107 Å². The van der Waals surface area contributed by atoms with E-state index in [9.17, 15) is 13.2 Å². The molecule has 3 aromatic carbocycles. The maximum absolute atomic E-state index is 12.9. The van der Waals surface area contributed by atoms with Crippen LogP contribution in [0.1, 0.15) is 22.7 Å². The summed E-state index contributed by atoms with van der Waals surface area (Å²) in [6.45, 7) is 4.06. The molecule has 28 heavy (non-hydrogen) atoms. The highest BCUT2D eigenvalue weighted by Crippen LogP contribution is 2.34. The molecule has 1 atom stereocenters. The number of hydrogen-bond acceptors (Lipinski definition) is 3. The van der Waals surface area contributed by atoms with Crippen molar-refractivity contribution in [2.24, 2.45) is 0 Å². The molecule has 3 N–H and O–H groups in total. The number of nitrogen functional groups attached to an aromatic ring is 1. The van der Waals surface area contributed by atoms with Crippen LogP contribution in [-0.4, -0.2) is 0 Å². The summed E-state index contributed by atoms with van der Waals surface area (Å²) in [5.74, 6) is 0. The van der Waals surface area contributed by atoms with Gasteiger partial charge >= 0.3 is 6.18 Å². The third kappa shape index (κ3) is 4.89. The smallest absolute Gasteiger partial charge is 0.398 e. The Bertz CT molecular complexity index is 938. The van der Waals surface area contributed by atoms with Crippen molar-refractivity contribution in [1.82, 2.24) is 5.32 Å². The molecular weight excluding hydrogens is 381 g/mol. The number of para-hydroxylation sites is 1. The van der Waals surface area contributed by atoms with E-state index in [0.717, 1.165) is 22.6 Å². The van der Waals surface area contributed by atoms with Gasteiger partial charge in [0.1, 0.15) is 0 Å². The molecule has 0 spiro atoms. The summed E-state index contributed by atoms with van der Waals surface area (Å²) in [5.41, 5.74) is 7.58. The minimum Gasteiger partial charge on any atom is -0.398 e. The maximum atomic E-state index is 12.9. The highest BCUT2D eigenvalue weighted by molar-refractivity contribution is 8.03. The number of nitrogens with two attached hydrogens (primary N) is 1. The second-order valence-electron chi connectivity index (χ2n) is 6.17. The summed E-state index contributed by atoms with van der Waals surface area (Å²) < 4.78 is 38.7. The van der Waals surface area contributed by atoms with Crippen molar-refractivity contribution in [2.75, 3.05) is 5.73 Å². The number of benzene rings is 3. The van der Waals surface area contributed by atoms with Crippen molar-refractivity contribution < 1.29 is 13.2 Å². The van der Waals surface area contributed by atoms with E-state index in [1.54, 1.807) is 6.07 Å². The summed E-state index contributed by atoms with van der Waals surface area (Å²) in [4.78, 5) is 0.860. The normalized spacial score (nSPS) is 12.4. The average Bonchev–Trinajstić information content (AvgIpc) is 2.68. The predicted octanol–water partition coefficient (Wildman–Crippen LogP) is 6.23. The molecule has 0 heterocycles. The summed E-state index contributed by atoms with van der Waals surface area (Å²) in [7, 11) is 0. The maximum Gasteiger partial charge on any atom is 0.416 e. The molecule has 0 bridgehead atoms. The van der Waals surface area contributed by atoms with E-state index in [2.05, 4.69) is 11.9 Å². The second kappa shape index (κ2) is 8.44. The lowest BCUT2D eigenvalue weighted by Gasteiger charge is -2.23. The van der Waals surface area contributed by atoms with Gasteiger partial charge in [0, 0.05) is 10.6 Å². The number of hydrogen-bond donors (Lipinski definition) is 2. The van der Waals surface area contributed by atoms with Gasteiger partial charge in [0.2, 0.25) is 0 Å². The van der Waals surface area contributed by atoms with Crippen molar-refractivity contribution in [2.45, 2.75) is 17.1 Å². The van der Waals surface area contributed by atoms with E-state index < -0.39 is 11.7 Å². The van der Waals surface area contributed by atoms with Crippen LogP contribution in [0, 0.1) is 0 Å². The molecule has 0 aromatic heterocycles. The predicted molar refractivity (Wildman–Crippen MR) is 109 cm³/mol. The standard InChI is InChI=1S/C22H19F3N2S/c1-15(28-20-10-6-5-9-19(20)26)27-21(16-7-3-2-4-8-16)17-11-13-18(14-12-17)22(23,24)25/h2-14,21,27H,1,26H2. The van der Waals surface area contributed by atoms with E-state index in [1.165, 1.54) is 23.9 Å². The van der Waals surface area contributed by atoms with Crippen LogP contribution in [0.3, 0.4) is 0 Å². The van der Waals surface area contributed by atoms with Gasteiger partial charge in [0.15, 0.2) is 0 Å². The van der Waals surface area contributed by atoms with E-state index in [1.807, 2.05) is 48.5 Å². The quantitative estimate of drug-likeness (QED) is 0.380. The van der Waals surface area contributed by atoms with Crippen LogP contribution in [0.15, 0.2) is 95.4 Å². The van der Waals surface area contributed by atoms with Crippen LogP contribution < -0.4 is 11.1 Å². The highest BCUT2D eigenvalue weighted by atomic mass is 32.2. The molecule has 3 aromatic rings. The summed E-state index contributed by atoms with van der Waals surface area (Å²) >= 11 is 1.38. The summed E-state index contributed by atoms with van der Waals surface area (Å²) in [5, 5.41) is 3.96. The lowest BCUT2D eigenvalue weighted by atomic mass is 9.98. The summed E-state index contributed by atoms with van der Waals surface area (Å²) in [6.07, 6.45) is -4.36. The molecule has 0 fully saturated rings. The lowest BCUT2D eigenvalue weighted by Crippen LogP contribution is -2.20. The van der Waals surface area contributed by atoms with Crippen molar-refractivity contribution in [3.63, 3.8) is 0 Å². The van der Waals surface area contributed by atoms with Gasteiger partial charge in [-0.25, -0.2) is 0 Å². The van der Waals surface area contributed by atoms with Gasteiger partial charge < -0.3 is 11.1 Å². The van der Waals surface area contributed by atoms with Gasteiger partial charge in [0.25, 0.3) is 0 Å². The summed E-state index contributed by atoms with van der Waals surface area (Å²) in [6, 6.07) is 21.8. The fourth-order valence-corrected chi connectivity index (χ4v) is 3.54. The second-order valence-corrected chi connectivity index (χ2v) is 7.31. The first-order chi connectivity index (χ1) is 13.3. The number of alkyl halides is 3. The van der Waals surface area contributed by atoms with E-state index in [0.29, 0.717) is 16.3 Å². The number of thioether (sulfide) groups is 1. The Balaban J connectivity index is 1.86. The number of halogens is 3. The molecule has 6 heteroatoms. The lowest BCUT2D eigenvalue weighted by molar-refractivity contribution is -0.137. The molecule has 0 saturated carbocycles. The SMILES string of the molecule is C=C(NC(c1ccccc1)c1ccc(C(F)(F)F)cc1)Sc1ccccc1N. The molecule has 0 amide bonds. The molecule has 0 radical (unpaired) electrons. The number of anilines is 1. The van der Waals surface area contributed by atoms with Crippen LogP contribution in [0.5, 0.6) is 0 Å². The first-order valence-electron chi connectivity index (χ1n) is 8.54. The zero-order valence-corrected chi connectivity index (χ0v) is 15.7. The zero-order valence-electron chi connectivity index (χ0n) is 14.9. The Morgan fingerprint density at radius 2 is 1.43 bits per heavy atom. The number of rotatable bonds is 6. The first-order valence-corrected chi connectivity index (χ1v) is 9.36.